The molecule has 0 spiro atoms. The summed E-state index contributed by atoms with van der Waals surface area (Å²) in [4.78, 5) is 14.2. The minimum Gasteiger partial charge on any atom is -0.384 e. The minimum absolute atomic E-state index is 0.189. The fourth-order valence-corrected chi connectivity index (χ4v) is 3.26. The van der Waals surface area contributed by atoms with Crippen LogP contribution in [0.3, 0.4) is 0 Å². The molecule has 1 saturated carbocycles. The van der Waals surface area contributed by atoms with Crippen molar-refractivity contribution in [3.05, 3.63) is 29.8 Å². The van der Waals surface area contributed by atoms with Gasteiger partial charge in [-0.25, -0.2) is 0 Å². The highest BCUT2D eigenvalue weighted by molar-refractivity contribution is 5.75. The Hall–Kier alpha value is -1.55. The van der Waals surface area contributed by atoms with Gasteiger partial charge >= 0.3 is 0 Å². The van der Waals surface area contributed by atoms with Gasteiger partial charge in [0.15, 0.2) is 0 Å². The van der Waals surface area contributed by atoms with Crippen molar-refractivity contribution < 1.29 is 4.79 Å². The highest BCUT2D eigenvalue weighted by Crippen LogP contribution is 2.27. The van der Waals surface area contributed by atoms with Crippen molar-refractivity contribution in [3.63, 3.8) is 0 Å². The van der Waals surface area contributed by atoms with Crippen LogP contribution in [0.5, 0.6) is 0 Å². The third-order valence-electron chi connectivity index (χ3n) is 4.84. The van der Waals surface area contributed by atoms with Gasteiger partial charge in [0.25, 0.3) is 0 Å². The number of likely N-dealkylation sites (N-methyl/N-ethyl adjacent to an activating group) is 1. The molecule has 1 fully saturated rings. The first-order valence-corrected chi connectivity index (χ1v) is 9.38. The molecule has 0 unspecified atom stereocenters. The molecule has 1 aromatic carbocycles. The van der Waals surface area contributed by atoms with Gasteiger partial charge in [0.05, 0.1) is 0 Å². The van der Waals surface area contributed by atoms with E-state index in [1.165, 1.54) is 32.1 Å². The monoisotopic (exact) mass is 331 g/mol. The van der Waals surface area contributed by atoms with Gasteiger partial charge in [-0.3, -0.25) is 4.79 Å². The highest BCUT2D eigenvalue weighted by Gasteiger charge is 2.14. The summed E-state index contributed by atoms with van der Waals surface area (Å²) < 4.78 is 0. The lowest BCUT2D eigenvalue weighted by Gasteiger charge is -2.21. The molecule has 24 heavy (non-hydrogen) atoms. The number of anilines is 1. The van der Waals surface area contributed by atoms with Crippen LogP contribution in [-0.2, 0) is 11.3 Å². The average Bonchev–Trinajstić information content (AvgIpc) is 2.60. The first-order chi connectivity index (χ1) is 11.6. The van der Waals surface area contributed by atoms with E-state index in [1.54, 1.807) is 0 Å². The second-order valence-corrected chi connectivity index (χ2v) is 7.25. The minimum atomic E-state index is 0.189. The third-order valence-corrected chi connectivity index (χ3v) is 4.84. The number of hydrogen-bond donors (Lipinski definition) is 2. The normalized spacial score (nSPS) is 15.5. The summed E-state index contributed by atoms with van der Waals surface area (Å²) in [5.41, 5.74) is 2.28. The molecular weight excluding hydrogens is 298 g/mol. The van der Waals surface area contributed by atoms with E-state index < -0.39 is 0 Å². The molecule has 1 aromatic rings. The largest absolute Gasteiger partial charge is 0.384 e. The zero-order chi connectivity index (χ0) is 17.2. The van der Waals surface area contributed by atoms with Crippen molar-refractivity contribution in [1.82, 2.24) is 10.2 Å². The zero-order valence-electron chi connectivity index (χ0n) is 15.3. The molecule has 0 aliphatic heterocycles. The Bertz CT molecular complexity index is 478. The molecule has 1 aliphatic carbocycles. The number of carbonyl (C=O) groups excluding carboxylic acids is 1. The van der Waals surface area contributed by atoms with E-state index >= 15 is 0 Å². The van der Waals surface area contributed by atoms with Crippen molar-refractivity contribution in [3.8, 4) is 0 Å². The van der Waals surface area contributed by atoms with Crippen LogP contribution >= 0.6 is 0 Å². The van der Waals surface area contributed by atoms with Gasteiger partial charge < -0.3 is 15.5 Å². The number of amides is 1. The number of benzene rings is 1. The first-order valence-electron chi connectivity index (χ1n) is 9.38. The van der Waals surface area contributed by atoms with Crippen LogP contribution in [0.25, 0.3) is 0 Å². The Morgan fingerprint density at radius 2 is 1.83 bits per heavy atom. The van der Waals surface area contributed by atoms with Gasteiger partial charge in [0.1, 0.15) is 0 Å². The number of nitrogens with zero attached hydrogens (tertiary/aromatic N) is 1. The van der Waals surface area contributed by atoms with Crippen molar-refractivity contribution in [2.24, 2.45) is 5.92 Å². The van der Waals surface area contributed by atoms with Crippen LogP contribution in [0, 0.1) is 5.92 Å². The molecule has 4 nitrogen and oxygen atoms in total. The molecule has 2 N–H and O–H groups in total. The summed E-state index contributed by atoms with van der Waals surface area (Å²) in [5, 5.41) is 6.45. The van der Waals surface area contributed by atoms with Crippen LogP contribution in [0.4, 0.5) is 5.69 Å². The van der Waals surface area contributed by atoms with Gasteiger partial charge in [-0.05, 0) is 44.1 Å². The molecular formula is C20H33N3O. The molecule has 0 atom stereocenters. The van der Waals surface area contributed by atoms with Crippen LogP contribution in [0.2, 0.25) is 0 Å². The molecule has 0 aromatic heterocycles. The number of nitrogens with one attached hydrogen (secondary N) is 2. The Labute approximate surface area is 147 Å². The second-order valence-electron chi connectivity index (χ2n) is 7.25. The fourth-order valence-electron chi connectivity index (χ4n) is 3.26. The number of rotatable bonds is 9. The van der Waals surface area contributed by atoms with Gasteiger partial charge in [0, 0.05) is 31.7 Å². The molecule has 0 heterocycles. The summed E-state index contributed by atoms with van der Waals surface area (Å²) in [6, 6.07) is 8.33. The SMILES string of the molecule is CN(C)CCNc1ccc(CNC(=O)CCC2CCCCC2)cc1. The zero-order valence-corrected chi connectivity index (χ0v) is 15.3. The van der Waals surface area contributed by atoms with E-state index in [4.69, 9.17) is 0 Å². The quantitative estimate of drug-likeness (QED) is 0.726. The molecule has 2 rings (SSSR count). The van der Waals surface area contributed by atoms with Gasteiger partial charge in [-0.2, -0.15) is 0 Å². The Morgan fingerprint density at radius 1 is 1.12 bits per heavy atom. The van der Waals surface area contributed by atoms with Crippen molar-refractivity contribution in [2.45, 2.75) is 51.5 Å². The fraction of sp³-hybridized carbons (Fsp3) is 0.650. The van der Waals surface area contributed by atoms with E-state index in [0.717, 1.165) is 36.7 Å². The van der Waals surface area contributed by atoms with E-state index in [1.807, 2.05) is 0 Å². The average molecular weight is 332 g/mol. The van der Waals surface area contributed by atoms with Crippen molar-refractivity contribution >= 4 is 11.6 Å². The topological polar surface area (TPSA) is 44.4 Å². The van der Waals surface area contributed by atoms with E-state index in [9.17, 15) is 4.79 Å². The summed E-state index contributed by atoms with van der Waals surface area (Å²) in [6.07, 6.45) is 8.44. The van der Waals surface area contributed by atoms with Crippen molar-refractivity contribution in [2.75, 3.05) is 32.5 Å². The Kier molecular flexibility index (Phi) is 8.10. The lowest BCUT2D eigenvalue weighted by molar-refractivity contribution is -0.121. The molecule has 4 heteroatoms. The summed E-state index contributed by atoms with van der Waals surface area (Å²) in [5.74, 6) is 0.964. The maximum Gasteiger partial charge on any atom is 0.220 e. The summed E-state index contributed by atoms with van der Waals surface area (Å²) in [7, 11) is 4.14. The Morgan fingerprint density at radius 3 is 2.50 bits per heavy atom. The predicted molar refractivity (Wildman–Crippen MR) is 101 cm³/mol. The number of hydrogen-bond acceptors (Lipinski definition) is 3. The molecule has 1 aliphatic rings. The lowest BCUT2D eigenvalue weighted by atomic mass is 9.86. The van der Waals surface area contributed by atoms with Gasteiger partial charge in [0.2, 0.25) is 5.91 Å². The molecule has 1 amide bonds. The maximum atomic E-state index is 12.0. The van der Waals surface area contributed by atoms with Gasteiger partial charge in [-0.1, -0.05) is 44.2 Å². The molecule has 0 radical (unpaired) electrons. The van der Waals surface area contributed by atoms with E-state index in [-0.39, 0.29) is 5.91 Å². The first kappa shape index (κ1) is 18.8. The summed E-state index contributed by atoms with van der Waals surface area (Å²) in [6.45, 7) is 2.57. The summed E-state index contributed by atoms with van der Waals surface area (Å²) >= 11 is 0. The Balaban J connectivity index is 1.63. The smallest absolute Gasteiger partial charge is 0.220 e. The van der Waals surface area contributed by atoms with Crippen LogP contribution < -0.4 is 10.6 Å². The standard InChI is InChI=1S/C20H33N3O/c1-23(2)15-14-21-19-11-8-18(9-12-19)16-22-20(24)13-10-17-6-4-3-5-7-17/h8-9,11-12,17,21H,3-7,10,13-16H2,1-2H3,(H,22,24). The van der Waals surface area contributed by atoms with Crippen molar-refractivity contribution in [1.29, 1.82) is 0 Å². The molecule has 0 bridgehead atoms. The molecule has 0 saturated heterocycles. The third kappa shape index (κ3) is 7.35. The van der Waals surface area contributed by atoms with Crippen LogP contribution in [-0.4, -0.2) is 38.0 Å². The molecule has 134 valence electrons. The van der Waals surface area contributed by atoms with E-state index in [0.29, 0.717) is 13.0 Å². The van der Waals surface area contributed by atoms with Crippen LogP contribution in [0.15, 0.2) is 24.3 Å². The maximum absolute atomic E-state index is 12.0. The number of carbonyl (C=O) groups is 1. The predicted octanol–water partition coefficient (Wildman–Crippen LogP) is 3.64. The van der Waals surface area contributed by atoms with Crippen LogP contribution in [0.1, 0.15) is 50.5 Å². The lowest BCUT2D eigenvalue weighted by Crippen LogP contribution is -2.23. The van der Waals surface area contributed by atoms with E-state index in [2.05, 4.69) is 53.9 Å². The van der Waals surface area contributed by atoms with Gasteiger partial charge in [-0.15, -0.1) is 0 Å². The highest BCUT2D eigenvalue weighted by atomic mass is 16.1. The second kappa shape index (κ2) is 10.3.